The maximum absolute atomic E-state index is 10.6. The van der Waals surface area contributed by atoms with E-state index in [1.54, 1.807) is 0 Å². The molecule has 2 unspecified atom stereocenters. The van der Waals surface area contributed by atoms with Gasteiger partial charge in [-0.15, -0.1) is 9.24 Å². The lowest BCUT2D eigenvalue weighted by Gasteiger charge is -2.29. The Morgan fingerprint density at radius 2 is 1.16 bits per heavy atom. The first-order valence-electron chi connectivity index (χ1n) is 10.9. The summed E-state index contributed by atoms with van der Waals surface area (Å²) < 4.78 is 0. The second-order valence-corrected chi connectivity index (χ2v) is 8.86. The zero-order valence-corrected chi connectivity index (χ0v) is 19.1. The Balaban J connectivity index is 0. The van der Waals surface area contributed by atoms with Crippen LogP contribution in [0.2, 0.25) is 0 Å². The minimum Gasteiger partial charge on any atom is -0.481 e. The van der Waals surface area contributed by atoms with Crippen molar-refractivity contribution in [3.05, 3.63) is 0 Å². The van der Waals surface area contributed by atoms with E-state index < -0.39 is 5.97 Å². The summed E-state index contributed by atoms with van der Waals surface area (Å²) in [6.45, 7) is 11.0. The number of carboxylic acids is 1. The molecule has 0 radical (unpaired) electrons. The van der Waals surface area contributed by atoms with Gasteiger partial charge in [0.05, 0.1) is 5.92 Å². The fourth-order valence-corrected chi connectivity index (χ4v) is 3.76. The van der Waals surface area contributed by atoms with Gasteiger partial charge in [-0.1, -0.05) is 92.4 Å². The van der Waals surface area contributed by atoms with Crippen molar-refractivity contribution < 1.29 is 9.90 Å². The van der Waals surface area contributed by atoms with Crippen molar-refractivity contribution in [1.29, 1.82) is 0 Å². The summed E-state index contributed by atoms with van der Waals surface area (Å²) in [5.74, 6) is -0.722. The largest absolute Gasteiger partial charge is 0.481 e. The van der Waals surface area contributed by atoms with Gasteiger partial charge in [-0.2, -0.15) is 0 Å². The normalized spacial score (nSPS) is 12.4. The van der Waals surface area contributed by atoms with Crippen molar-refractivity contribution in [3.8, 4) is 0 Å². The zero-order valence-electron chi connectivity index (χ0n) is 17.9. The van der Waals surface area contributed by atoms with Crippen LogP contribution in [0.1, 0.15) is 125 Å². The van der Waals surface area contributed by atoms with Crippen LogP contribution in [-0.2, 0) is 4.79 Å². The number of carbonyl (C=O) groups is 1. The van der Waals surface area contributed by atoms with Crippen molar-refractivity contribution in [1.82, 2.24) is 0 Å². The molecule has 152 valence electrons. The maximum atomic E-state index is 10.6. The van der Waals surface area contributed by atoms with Crippen LogP contribution in [0.15, 0.2) is 0 Å². The summed E-state index contributed by atoms with van der Waals surface area (Å²) in [5.41, 5.74) is 0. The third-order valence-electron chi connectivity index (χ3n) is 4.98. The summed E-state index contributed by atoms with van der Waals surface area (Å²) in [6.07, 6.45) is 17.2. The molecule has 0 rings (SSSR count). The summed E-state index contributed by atoms with van der Waals surface area (Å²) in [5, 5.41) is 9.30. The summed E-state index contributed by atoms with van der Waals surface area (Å²) >= 11 is 0. The van der Waals surface area contributed by atoms with Gasteiger partial charge >= 0.3 is 5.97 Å². The van der Waals surface area contributed by atoms with Gasteiger partial charge in [-0.3, -0.25) is 4.79 Å². The molecule has 0 spiro atoms. The van der Waals surface area contributed by atoms with Gasteiger partial charge in [0.15, 0.2) is 0 Å². The van der Waals surface area contributed by atoms with Crippen molar-refractivity contribution in [2.45, 2.75) is 130 Å². The van der Waals surface area contributed by atoms with E-state index in [0.29, 0.717) is 5.16 Å². The van der Waals surface area contributed by atoms with Gasteiger partial charge in [0.25, 0.3) is 0 Å². The van der Waals surface area contributed by atoms with Gasteiger partial charge in [-0.05, 0) is 37.3 Å². The molecule has 0 aromatic rings. The fourth-order valence-electron chi connectivity index (χ4n) is 3.15. The minimum absolute atomic E-state index is 0.0973. The van der Waals surface area contributed by atoms with E-state index in [4.69, 9.17) is 5.11 Å². The number of rotatable bonds is 15. The van der Waals surface area contributed by atoms with E-state index in [1.165, 1.54) is 57.8 Å². The number of carboxylic acid groups (broad SMARTS) is 1. The molecule has 0 heterocycles. The van der Waals surface area contributed by atoms with Gasteiger partial charge in [-0.25, -0.2) is 0 Å². The number of hydrogen-bond acceptors (Lipinski definition) is 1. The topological polar surface area (TPSA) is 37.3 Å². The van der Waals surface area contributed by atoms with Crippen LogP contribution in [0.5, 0.6) is 0 Å². The van der Waals surface area contributed by atoms with Gasteiger partial charge in [0.1, 0.15) is 0 Å². The monoisotopic (exact) mass is 374 g/mol. The van der Waals surface area contributed by atoms with Gasteiger partial charge in [0, 0.05) is 0 Å². The number of unbranched alkanes of at least 4 members (excludes halogenated alkanes) is 4. The highest BCUT2D eigenvalue weighted by Crippen LogP contribution is 2.36. The lowest BCUT2D eigenvalue weighted by molar-refractivity contribution is -0.142. The van der Waals surface area contributed by atoms with E-state index in [2.05, 4.69) is 36.9 Å². The molecule has 0 bridgehead atoms. The van der Waals surface area contributed by atoms with Crippen LogP contribution in [-0.4, -0.2) is 16.2 Å². The number of aliphatic carboxylic acids is 1. The predicted molar refractivity (Wildman–Crippen MR) is 117 cm³/mol. The molecule has 0 aliphatic heterocycles. The molecular weight excluding hydrogens is 327 g/mol. The predicted octanol–water partition coefficient (Wildman–Crippen LogP) is 7.85. The van der Waals surface area contributed by atoms with Crippen LogP contribution in [0.25, 0.3) is 0 Å². The first-order valence-corrected chi connectivity index (χ1v) is 11.5. The quantitative estimate of drug-likeness (QED) is 0.296. The van der Waals surface area contributed by atoms with E-state index in [9.17, 15) is 4.79 Å². The molecule has 2 atom stereocenters. The Morgan fingerprint density at radius 3 is 1.44 bits per heavy atom. The highest BCUT2D eigenvalue weighted by atomic mass is 31.0. The Labute approximate surface area is 161 Å². The zero-order chi connectivity index (χ0) is 19.6. The lowest BCUT2D eigenvalue weighted by Crippen LogP contribution is -2.20. The van der Waals surface area contributed by atoms with Crippen LogP contribution < -0.4 is 0 Å². The molecule has 0 aromatic carbocycles. The summed E-state index contributed by atoms with van der Waals surface area (Å²) in [6, 6.07) is 0. The fraction of sp³-hybridized carbons (Fsp3) is 0.955. The summed E-state index contributed by atoms with van der Waals surface area (Å²) in [7, 11) is 3.17. The molecule has 3 heteroatoms. The van der Waals surface area contributed by atoms with E-state index >= 15 is 0 Å². The highest BCUT2D eigenvalue weighted by molar-refractivity contribution is 7.19. The molecule has 0 fully saturated rings. The second-order valence-electron chi connectivity index (χ2n) is 7.64. The van der Waals surface area contributed by atoms with Crippen molar-refractivity contribution in [2.75, 3.05) is 0 Å². The van der Waals surface area contributed by atoms with Crippen LogP contribution in [0.4, 0.5) is 0 Å². The first kappa shape index (κ1) is 27.1. The highest BCUT2D eigenvalue weighted by Gasteiger charge is 2.22. The SMILES string of the molecule is CCCCC(CCC)C(=O)O.CCCCC(P)(CCCC)CCCC. The van der Waals surface area contributed by atoms with Crippen molar-refractivity contribution in [2.24, 2.45) is 5.92 Å². The van der Waals surface area contributed by atoms with Crippen LogP contribution in [0, 0.1) is 5.92 Å². The van der Waals surface area contributed by atoms with Crippen LogP contribution in [0.3, 0.4) is 0 Å². The Hall–Kier alpha value is -0.100. The molecule has 0 saturated heterocycles. The Kier molecular flexibility index (Phi) is 20.3. The Morgan fingerprint density at radius 1 is 0.760 bits per heavy atom. The molecule has 0 saturated carbocycles. The molecule has 25 heavy (non-hydrogen) atoms. The van der Waals surface area contributed by atoms with E-state index in [-0.39, 0.29) is 5.92 Å². The molecule has 0 aromatic heterocycles. The van der Waals surface area contributed by atoms with Gasteiger partial charge < -0.3 is 5.11 Å². The summed E-state index contributed by atoms with van der Waals surface area (Å²) in [4.78, 5) is 10.6. The number of hydrogen-bond donors (Lipinski definition) is 1. The molecule has 2 nitrogen and oxygen atoms in total. The molecule has 1 N–H and O–H groups in total. The second kappa shape index (κ2) is 18.7. The van der Waals surface area contributed by atoms with Crippen molar-refractivity contribution >= 4 is 15.2 Å². The van der Waals surface area contributed by atoms with E-state index in [0.717, 1.165) is 32.1 Å². The van der Waals surface area contributed by atoms with Gasteiger partial charge in [0.2, 0.25) is 0 Å². The standard InChI is InChI=1S/C13H29P.C9H18O2/c1-4-7-10-13(14,11-8-5-2)12-9-6-3;1-3-5-7-8(6-4-2)9(10)11/h4-12,14H2,1-3H3;8H,3-7H2,1-2H3,(H,10,11). The smallest absolute Gasteiger partial charge is 0.306 e. The third kappa shape index (κ3) is 17.1. The minimum atomic E-state index is -0.625. The molecule has 0 aliphatic carbocycles. The first-order chi connectivity index (χ1) is 11.9. The maximum Gasteiger partial charge on any atom is 0.306 e. The Bertz CT molecular complexity index is 270. The molecule has 0 aliphatic rings. The average molecular weight is 375 g/mol. The van der Waals surface area contributed by atoms with Crippen molar-refractivity contribution in [3.63, 3.8) is 0 Å². The average Bonchev–Trinajstić information content (AvgIpc) is 2.60. The third-order valence-corrected chi connectivity index (χ3v) is 5.84. The molecular formula is C22H47O2P. The van der Waals surface area contributed by atoms with Crippen LogP contribution >= 0.6 is 9.24 Å². The lowest BCUT2D eigenvalue weighted by atomic mass is 9.90. The van der Waals surface area contributed by atoms with E-state index in [1.807, 2.05) is 6.92 Å². The molecule has 0 amide bonds.